The van der Waals surface area contributed by atoms with Gasteiger partial charge in [0.1, 0.15) is 0 Å². The molecule has 10 rings (SSSR count). The van der Waals surface area contributed by atoms with Crippen LogP contribution in [0.5, 0.6) is 0 Å². The summed E-state index contributed by atoms with van der Waals surface area (Å²) in [5, 5.41) is 10.4. The largest absolute Gasteiger partial charge is 0.208 e. The van der Waals surface area contributed by atoms with E-state index < -0.39 is 0 Å². The fraction of sp³-hybridized carbons (Fsp3) is 0. The first-order valence-electron chi connectivity index (χ1n) is 16.5. The summed E-state index contributed by atoms with van der Waals surface area (Å²) in [6.07, 6.45) is 0. The van der Waals surface area contributed by atoms with Gasteiger partial charge in [-0.2, -0.15) is 0 Å². The van der Waals surface area contributed by atoms with E-state index in [4.69, 9.17) is 15.0 Å². The maximum atomic E-state index is 5.00. The summed E-state index contributed by atoms with van der Waals surface area (Å²) in [4.78, 5) is 14.9. The van der Waals surface area contributed by atoms with Crippen molar-refractivity contribution >= 4 is 63.8 Å². The highest BCUT2D eigenvalue weighted by molar-refractivity contribution is 7.27. The van der Waals surface area contributed by atoms with Gasteiger partial charge in [-0.25, -0.2) is 15.0 Å². The molecule has 2 aromatic heterocycles. The third-order valence-electron chi connectivity index (χ3n) is 9.50. The van der Waals surface area contributed by atoms with Crippen molar-refractivity contribution in [2.45, 2.75) is 0 Å². The smallest absolute Gasteiger partial charge is 0.164 e. The third kappa shape index (κ3) is 4.53. The molecule has 0 N–H and O–H groups in total. The molecular weight excluding hydrogens is 615 g/mol. The van der Waals surface area contributed by atoms with E-state index in [0.717, 1.165) is 22.3 Å². The molecule has 0 aliphatic rings. The average molecular weight is 642 g/mol. The minimum Gasteiger partial charge on any atom is -0.208 e. The molecule has 0 radical (unpaired) electrons. The van der Waals surface area contributed by atoms with Gasteiger partial charge in [0.2, 0.25) is 0 Å². The molecule has 2 heterocycles. The summed E-state index contributed by atoms with van der Waals surface area (Å²) in [7, 11) is 0. The predicted molar refractivity (Wildman–Crippen MR) is 207 cm³/mol. The Labute approximate surface area is 286 Å². The first-order chi connectivity index (χ1) is 24.3. The van der Waals surface area contributed by atoms with Crippen LogP contribution in [0.15, 0.2) is 164 Å². The van der Waals surface area contributed by atoms with Crippen LogP contribution in [0, 0.1) is 0 Å². The standard InChI is InChI=1S/C45H27N3S/c1-3-13-28(14-4-1)43-46-44(29-15-5-2-6-16-29)48-45(47-43)31-18-11-17-30(27-31)32-23-12-24-38-39-26-25-37-35-21-8-7-19-33(35)34-20-9-10-22-36(34)40(37)42(39)49-41(32)38/h1-27H. The molecule has 0 saturated heterocycles. The Morgan fingerprint density at radius 2 is 0.735 bits per heavy atom. The zero-order valence-corrected chi connectivity index (χ0v) is 27.2. The van der Waals surface area contributed by atoms with Crippen LogP contribution in [-0.2, 0) is 0 Å². The molecule has 4 heteroatoms. The number of nitrogens with zero attached hydrogens (tertiary/aromatic N) is 3. The summed E-state index contributed by atoms with van der Waals surface area (Å²) in [5.74, 6) is 1.98. The number of rotatable bonds is 4. The molecule has 0 aliphatic carbocycles. The highest BCUT2D eigenvalue weighted by Gasteiger charge is 2.18. The normalized spacial score (nSPS) is 11.7. The van der Waals surface area contributed by atoms with Crippen molar-refractivity contribution in [1.82, 2.24) is 15.0 Å². The Morgan fingerprint density at radius 1 is 0.306 bits per heavy atom. The van der Waals surface area contributed by atoms with Gasteiger partial charge >= 0.3 is 0 Å². The van der Waals surface area contributed by atoms with Crippen LogP contribution in [0.3, 0.4) is 0 Å². The van der Waals surface area contributed by atoms with Gasteiger partial charge in [0.05, 0.1) is 0 Å². The number of aromatic nitrogens is 3. The van der Waals surface area contributed by atoms with Crippen molar-refractivity contribution in [2.75, 3.05) is 0 Å². The molecule has 228 valence electrons. The van der Waals surface area contributed by atoms with Crippen LogP contribution >= 0.6 is 11.3 Å². The van der Waals surface area contributed by atoms with E-state index in [1.54, 1.807) is 0 Å². The topological polar surface area (TPSA) is 38.7 Å². The van der Waals surface area contributed by atoms with Gasteiger partial charge < -0.3 is 0 Å². The molecule has 0 fully saturated rings. The van der Waals surface area contributed by atoms with Crippen LogP contribution in [0.2, 0.25) is 0 Å². The van der Waals surface area contributed by atoms with Crippen molar-refractivity contribution in [2.24, 2.45) is 0 Å². The first-order valence-corrected chi connectivity index (χ1v) is 17.3. The van der Waals surface area contributed by atoms with Crippen molar-refractivity contribution in [3.8, 4) is 45.3 Å². The van der Waals surface area contributed by atoms with Crippen LogP contribution < -0.4 is 0 Å². The fourth-order valence-corrected chi connectivity index (χ4v) is 8.63. The molecule has 8 aromatic carbocycles. The van der Waals surface area contributed by atoms with Crippen LogP contribution in [-0.4, -0.2) is 15.0 Å². The highest BCUT2D eigenvalue weighted by Crippen LogP contribution is 2.46. The summed E-state index contributed by atoms with van der Waals surface area (Å²) in [6, 6.07) is 57.8. The molecule has 0 saturated carbocycles. The van der Waals surface area contributed by atoms with Crippen molar-refractivity contribution in [1.29, 1.82) is 0 Å². The minimum atomic E-state index is 0.655. The lowest BCUT2D eigenvalue weighted by Gasteiger charge is -2.11. The Morgan fingerprint density at radius 3 is 1.39 bits per heavy atom. The second-order valence-corrected chi connectivity index (χ2v) is 13.4. The van der Waals surface area contributed by atoms with Gasteiger partial charge in [0.15, 0.2) is 17.5 Å². The Bertz CT molecular complexity index is 2780. The van der Waals surface area contributed by atoms with E-state index in [2.05, 4.69) is 103 Å². The van der Waals surface area contributed by atoms with E-state index in [0.29, 0.717) is 17.5 Å². The van der Waals surface area contributed by atoms with Gasteiger partial charge in [0, 0.05) is 42.2 Å². The summed E-state index contributed by atoms with van der Waals surface area (Å²) >= 11 is 1.90. The van der Waals surface area contributed by atoms with Crippen LogP contribution in [0.4, 0.5) is 0 Å². The quantitative estimate of drug-likeness (QED) is 0.180. The molecule has 0 unspecified atom stereocenters. The number of fused-ring (bicyclic) bond motifs is 10. The lowest BCUT2D eigenvalue weighted by atomic mass is 9.93. The van der Waals surface area contributed by atoms with Gasteiger partial charge in [-0.15, -0.1) is 11.3 Å². The van der Waals surface area contributed by atoms with Gasteiger partial charge in [-0.05, 0) is 44.1 Å². The monoisotopic (exact) mass is 641 g/mol. The zero-order valence-electron chi connectivity index (χ0n) is 26.3. The maximum absolute atomic E-state index is 5.00. The van der Waals surface area contributed by atoms with Gasteiger partial charge in [-0.3, -0.25) is 0 Å². The molecular formula is C45H27N3S. The minimum absolute atomic E-state index is 0.655. The molecule has 10 aromatic rings. The van der Waals surface area contributed by atoms with Crippen LogP contribution in [0.1, 0.15) is 0 Å². The molecule has 0 aliphatic heterocycles. The summed E-state index contributed by atoms with van der Waals surface area (Å²) in [6.45, 7) is 0. The second kappa shape index (κ2) is 11.2. The number of hydrogen-bond acceptors (Lipinski definition) is 4. The lowest BCUT2D eigenvalue weighted by Crippen LogP contribution is -2.00. The van der Waals surface area contributed by atoms with E-state index in [1.807, 2.05) is 72.0 Å². The third-order valence-corrected chi connectivity index (χ3v) is 10.8. The fourth-order valence-electron chi connectivity index (χ4n) is 7.23. The lowest BCUT2D eigenvalue weighted by molar-refractivity contribution is 1.07. The number of hydrogen-bond donors (Lipinski definition) is 0. The molecule has 49 heavy (non-hydrogen) atoms. The number of benzene rings is 8. The second-order valence-electron chi connectivity index (χ2n) is 12.4. The van der Waals surface area contributed by atoms with E-state index in [-0.39, 0.29) is 0 Å². The van der Waals surface area contributed by atoms with Crippen molar-refractivity contribution in [3.05, 3.63) is 164 Å². The van der Waals surface area contributed by atoms with E-state index in [1.165, 1.54) is 58.1 Å². The SMILES string of the molecule is c1ccc(-c2nc(-c3ccccc3)nc(-c3cccc(-c4cccc5c4sc4c5ccc5c6ccccc6c6ccccc6c54)c3)n2)cc1. The zero-order chi connectivity index (χ0) is 32.3. The highest BCUT2D eigenvalue weighted by atomic mass is 32.1. The van der Waals surface area contributed by atoms with Crippen molar-refractivity contribution in [3.63, 3.8) is 0 Å². The summed E-state index contributed by atoms with van der Waals surface area (Å²) in [5.41, 5.74) is 5.22. The molecule has 0 atom stereocenters. The molecule has 3 nitrogen and oxygen atoms in total. The maximum Gasteiger partial charge on any atom is 0.164 e. The first kappa shape index (κ1) is 27.8. The molecule has 0 amide bonds. The Kier molecular flexibility index (Phi) is 6.36. The predicted octanol–water partition coefficient (Wildman–Crippen LogP) is 12.4. The number of thiophene rings is 1. The molecule has 0 spiro atoms. The van der Waals surface area contributed by atoms with Gasteiger partial charge in [-0.1, -0.05) is 158 Å². The Hall–Kier alpha value is -6.23. The average Bonchev–Trinajstić information content (AvgIpc) is 3.58. The van der Waals surface area contributed by atoms with E-state index in [9.17, 15) is 0 Å². The van der Waals surface area contributed by atoms with Crippen molar-refractivity contribution < 1.29 is 0 Å². The van der Waals surface area contributed by atoms with E-state index >= 15 is 0 Å². The Balaban J connectivity index is 1.18. The van der Waals surface area contributed by atoms with Gasteiger partial charge in [0.25, 0.3) is 0 Å². The van der Waals surface area contributed by atoms with Crippen LogP contribution in [0.25, 0.3) is 97.8 Å². The molecule has 0 bridgehead atoms. The summed E-state index contributed by atoms with van der Waals surface area (Å²) < 4.78 is 2.61.